The molecule has 1 saturated heterocycles. The first-order valence-electron chi connectivity index (χ1n) is 7.73. The van der Waals surface area contributed by atoms with Gasteiger partial charge in [0.05, 0.1) is 5.39 Å². The molecule has 0 aliphatic carbocycles. The topological polar surface area (TPSA) is 87.2 Å². The zero-order valence-electron chi connectivity index (χ0n) is 13.0. The van der Waals surface area contributed by atoms with Crippen molar-refractivity contribution < 1.29 is 8.42 Å². The monoisotopic (exact) mass is 355 g/mol. The number of nitrogens with one attached hydrogen (secondary N) is 2. The fourth-order valence-electron chi connectivity index (χ4n) is 2.75. The third kappa shape index (κ3) is 3.97. The lowest BCUT2D eigenvalue weighted by atomic mass is 10.0. The van der Waals surface area contributed by atoms with Crippen molar-refractivity contribution in [1.29, 1.82) is 0 Å². The molecular weight excluding hydrogens is 334 g/mol. The van der Waals surface area contributed by atoms with Crippen molar-refractivity contribution in [3.8, 4) is 0 Å². The maximum atomic E-state index is 12.3. The minimum absolute atomic E-state index is 0.322. The van der Waals surface area contributed by atoms with Crippen molar-refractivity contribution in [3.63, 3.8) is 0 Å². The van der Waals surface area contributed by atoms with Crippen LogP contribution in [0.3, 0.4) is 0 Å². The van der Waals surface area contributed by atoms with Crippen molar-refractivity contribution >= 4 is 37.6 Å². The second-order valence-electron chi connectivity index (χ2n) is 5.79. The second kappa shape index (κ2) is 7.08. The number of thiophene rings is 1. The molecular formula is C14H21N5O2S2. The molecule has 2 aromatic rings. The second-order valence-corrected chi connectivity index (χ2v) is 8.44. The van der Waals surface area contributed by atoms with Crippen LogP contribution in [-0.2, 0) is 10.2 Å². The average molecular weight is 355 g/mol. The lowest BCUT2D eigenvalue weighted by Gasteiger charge is -2.29. The zero-order valence-corrected chi connectivity index (χ0v) is 14.7. The first kappa shape index (κ1) is 16.6. The Balaban J connectivity index is 1.52. The molecule has 0 spiro atoms. The molecule has 3 heterocycles. The van der Waals surface area contributed by atoms with Crippen molar-refractivity contribution in [3.05, 3.63) is 17.8 Å². The molecule has 7 nitrogen and oxygen atoms in total. The van der Waals surface area contributed by atoms with E-state index in [1.54, 1.807) is 15.6 Å². The summed E-state index contributed by atoms with van der Waals surface area (Å²) in [5.74, 6) is 1.16. The highest BCUT2D eigenvalue weighted by molar-refractivity contribution is 7.87. The number of hydrogen-bond donors (Lipinski definition) is 2. The number of aromatic nitrogens is 2. The van der Waals surface area contributed by atoms with E-state index >= 15 is 0 Å². The van der Waals surface area contributed by atoms with Crippen molar-refractivity contribution in [2.24, 2.45) is 5.92 Å². The predicted molar refractivity (Wildman–Crippen MR) is 92.8 cm³/mol. The quantitative estimate of drug-likeness (QED) is 0.770. The van der Waals surface area contributed by atoms with Crippen LogP contribution >= 0.6 is 11.3 Å². The van der Waals surface area contributed by atoms with Gasteiger partial charge in [-0.05, 0) is 30.2 Å². The van der Waals surface area contributed by atoms with E-state index in [0.717, 1.165) is 28.9 Å². The van der Waals surface area contributed by atoms with Crippen LogP contribution in [0.5, 0.6) is 0 Å². The molecule has 2 N–H and O–H groups in total. The number of piperidine rings is 1. The largest absolute Gasteiger partial charge is 0.368 e. The van der Waals surface area contributed by atoms with E-state index in [-0.39, 0.29) is 0 Å². The zero-order chi connectivity index (χ0) is 16.3. The van der Waals surface area contributed by atoms with Crippen molar-refractivity contribution in [2.45, 2.75) is 19.8 Å². The minimum atomic E-state index is -3.39. The van der Waals surface area contributed by atoms with Gasteiger partial charge in [0, 0.05) is 26.2 Å². The van der Waals surface area contributed by atoms with E-state index < -0.39 is 10.2 Å². The summed E-state index contributed by atoms with van der Waals surface area (Å²) in [5.41, 5.74) is 0. The minimum Gasteiger partial charge on any atom is -0.368 e. The summed E-state index contributed by atoms with van der Waals surface area (Å²) in [6, 6.07) is 1.96. The van der Waals surface area contributed by atoms with Gasteiger partial charge in [0.1, 0.15) is 17.0 Å². The lowest BCUT2D eigenvalue weighted by Crippen LogP contribution is -2.46. The highest BCUT2D eigenvalue weighted by Crippen LogP contribution is 2.23. The van der Waals surface area contributed by atoms with Gasteiger partial charge in [0.15, 0.2) is 0 Å². The van der Waals surface area contributed by atoms with Crippen LogP contribution < -0.4 is 10.0 Å². The van der Waals surface area contributed by atoms with Crippen LogP contribution in [0.4, 0.5) is 5.82 Å². The molecule has 1 atom stereocenters. The molecule has 0 unspecified atom stereocenters. The van der Waals surface area contributed by atoms with Gasteiger partial charge in [-0.1, -0.05) is 6.92 Å². The Morgan fingerprint density at radius 1 is 1.39 bits per heavy atom. The van der Waals surface area contributed by atoms with Crippen LogP contribution in [0.25, 0.3) is 10.2 Å². The standard InChI is InChI=1S/C14H21N5O2S2/c1-11-3-2-7-19(9-11)23(20,21)18-6-5-15-13-12-4-8-22-14(12)17-10-16-13/h4,8,10-11,18H,2-3,5-7,9H2,1H3,(H,15,16,17)/t11-/m0/s1. The summed E-state index contributed by atoms with van der Waals surface area (Å²) in [6.07, 6.45) is 3.54. The lowest BCUT2D eigenvalue weighted by molar-refractivity contribution is 0.278. The van der Waals surface area contributed by atoms with Crippen molar-refractivity contribution in [1.82, 2.24) is 19.0 Å². The van der Waals surface area contributed by atoms with Crippen LogP contribution in [-0.4, -0.2) is 48.9 Å². The molecule has 3 rings (SSSR count). The van der Waals surface area contributed by atoms with E-state index in [1.807, 2.05) is 11.4 Å². The smallest absolute Gasteiger partial charge is 0.279 e. The van der Waals surface area contributed by atoms with Gasteiger partial charge in [-0.3, -0.25) is 0 Å². The Morgan fingerprint density at radius 3 is 3.09 bits per heavy atom. The molecule has 2 aromatic heterocycles. The first-order chi connectivity index (χ1) is 11.1. The van der Waals surface area contributed by atoms with Crippen molar-refractivity contribution in [2.75, 3.05) is 31.5 Å². The highest BCUT2D eigenvalue weighted by Gasteiger charge is 2.26. The molecule has 23 heavy (non-hydrogen) atoms. The molecule has 9 heteroatoms. The molecule has 0 radical (unpaired) electrons. The number of nitrogens with zero attached hydrogens (tertiary/aromatic N) is 3. The molecule has 126 valence electrons. The van der Waals surface area contributed by atoms with Gasteiger partial charge in [0.25, 0.3) is 10.2 Å². The number of fused-ring (bicyclic) bond motifs is 1. The summed E-state index contributed by atoms with van der Waals surface area (Å²) in [7, 11) is -3.39. The first-order valence-corrected chi connectivity index (χ1v) is 10.0. The molecule has 1 aliphatic rings. The fraction of sp³-hybridized carbons (Fsp3) is 0.571. The summed E-state index contributed by atoms with van der Waals surface area (Å²) in [4.78, 5) is 9.32. The molecule has 0 saturated carbocycles. The predicted octanol–water partition coefficient (Wildman–Crippen LogP) is 1.67. The summed E-state index contributed by atoms with van der Waals surface area (Å²) >= 11 is 1.55. The summed E-state index contributed by atoms with van der Waals surface area (Å²) in [6.45, 7) is 4.09. The van der Waals surface area contributed by atoms with Gasteiger partial charge in [-0.2, -0.15) is 12.7 Å². The van der Waals surface area contributed by atoms with E-state index in [9.17, 15) is 8.42 Å². The van der Waals surface area contributed by atoms with E-state index in [4.69, 9.17) is 0 Å². The molecule has 0 amide bonds. The van der Waals surface area contributed by atoms with Crippen LogP contribution in [0, 0.1) is 5.92 Å². The SMILES string of the molecule is C[C@H]1CCCN(S(=O)(=O)NCCNc2ncnc3sccc23)C1. The fourth-order valence-corrected chi connectivity index (χ4v) is 4.84. The van der Waals surface area contributed by atoms with Gasteiger partial charge in [-0.25, -0.2) is 14.7 Å². The van der Waals surface area contributed by atoms with Gasteiger partial charge in [0.2, 0.25) is 0 Å². The van der Waals surface area contributed by atoms with Gasteiger partial charge in [-0.15, -0.1) is 11.3 Å². The average Bonchev–Trinajstić information content (AvgIpc) is 3.01. The van der Waals surface area contributed by atoms with E-state index in [2.05, 4.69) is 26.9 Å². The Kier molecular flexibility index (Phi) is 5.10. The Bertz CT molecular complexity index is 761. The molecule has 0 bridgehead atoms. The third-order valence-corrected chi connectivity index (χ3v) is 6.32. The van der Waals surface area contributed by atoms with Gasteiger partial charge < -0.3 is 5.32 Å². The number of hydrogen-bond acceptors (Lipinski definition) is 6. The summed E-state index contributed by atoms with van der Waals surface area (Å²) in [5, 5.41) is 6.09. The highest BCUT2D eigenvalue weighted by atomic mass is 32.2. The van der Waals surface area contributed by atoms with E-state index in [1.165, 1.54) is 6.33 Å². The number of rotatable bonds is 6. The Morgan fingerprint density at radius 2 is 2.26 bits per heavy atom. The molecule has 0 aromatic carbocycles. The van der Waals surface area contributed by atoms with Crippen LogP contribution in [0.15, 0.2) is 17.8 Å². The van der Waals surface area contributed by atoms with E-state index in [0.29, 0.717) is 32.1 Å². The third-order valence-electron chi connectivity index (χ3n) is 3.92. The van der Waals surface area contributed by atoms with Gasteiger partial charge >= 0.3 is 0 Å². The normalized spacial score (nSPS) is 20.0. The maximum absolute atomic E-state index is 12.3. The molecule has 1 fully saturated rings. The van der Waals surface area contributed by atoms with Crippen LogP contribution in [0.2, 0.25) is 0 Å². The van der Waals surface area contributed by atoms with Crippen LogP contribution in [0.1, 0.15) is 19.8 Å². The maximum Gasteiger partial charge on any atom is 0.279 e. The number of anilines is 1. The summed E-state index contributed by atoms with van der Waals surface area (Å²) < 4.78 is 28.8. The molecule has 1 aliphatic heterocycles. The Labute approximate surface area is 140 Å². The Hall–Kier alpha value is -1.29.